The van der Waals surface area contributed by atoms with Crippen molar-refractivity contribution in [2.45, 2.75) is 37.6 Å². The van der Waals surface area contributed by atoms with E-state index in [0.717, 1.165) is 18.7 Å². The molecule has 2 unspecified atom stereocenters. The number of piperidine rings is 1. The van der Waals surface area contributed by atoms with Crippen molar-refractivity contribution in [3.63, 3.8) is 0 Å². The predicted octanol–water partition coefficient (Wildman–Crippen LogP) is 4.62. The molecular formula is C21H27ClN2O3S. The minimum atomic E-state index is -3.78. The van der Waals surface area contributed by atoms with E-state index < -0.39 is 10.0 Å². The number of nitrogens with one attached hydrogen (secondary N) is 1. The lowest BCUT2D eigenvalue weighted by Gasteiger charge is -2.33. The maximum absolute atomic E-state index is 12.8. The highest BCUT2D eigenvalue weighted by atomic mass is 35.5. The summed E-state index contributed by atoms with van der Waals surface area (Å²) in [4.78, 5) is 2.43. The molecule has 0 radical (unpaired) electrons. The SMILES string of the molecule is COc1ccc(Cl)cc1S(=O)(=O)NC(C)c1ccc(N2CCCC(C)C2)cc1. The first kappa shape index (κ1) is 21.0. The third kappa shape index (κ3) is 4.80. The second-order valence-corrected chi connectivity index (χ2v) is 9.54. The first-order valence-corrected chi connectivity index (χ1v) is 11.4. The second kappa shape index (κ2) is 8.72. The zero-order valence-electron chi connectivity index (χ0n) is 16.5. The van der Waals surface area contributed by atoms with Gasteiger partial charge in [0.05, 0.1) is 7.11 Å². The number of anilines is 1. The molecule has 5 nitrogen and oxygen atoms in total. The van der Waals surface area contributed by atoms with Crippen LogP contribution >= 0.6 is 11.6 Å². The normalized spacial score (nSPS) is 18.7. The molecule has 0 aromatic heterocycles. The highest BCUT2D eigenvalue weighted by Gasteiger charge is 2.23. The fourth-order valence-electron chi connectivity index (χ4n) is 3.62. The van der Waals surface area contributed by atoms with Crippen molar-refractivity contribution in [2.24, 2.45) is 5.92 Å². The van der Waals surface area contributed by atoms with Crippen molar-refractivity contribution >= 4 is 27.3 Å². The van der Waals surface area contributed by atoms with E-state index in [-0.39, 0.29) is 16.7 Å². The number of nitrogens with zero attached hydrogens (tertiary/aromatic N) is 1. The zero-order chi connectivity index (χ0) is 20.3. The van der Waals surface area contributed by atoms with E-state index in [4.69, 9.17) is 16.3 Å². The summed E-state index contributed by atoms with van der Waals surface area (Å²) in [6.07, 6.45) is 2.49. The quantitative estimate of drug-likeness (QED) is 0.737. The molecule has 0 bridgehead atoms. The average Bonchev–Trinajstić information content (AvgIpc) is 2.68. The molecule has 1 aliphatic heterocycles. The number of methoxy groups -OCH3 is 1. The number of hydrogen-bond acceptors (Lipinski definition) is 4. The van der Waals surface area contributed by atoms with Gasteiger partial charge in [0.15, 0.2) is 0 Å². The van der Waals surface area contributed by atoms with Crippen molar-refractivity contribution in [3.8, 4) is 5.75 Å². The summed E-state index contributed by atoms with van der Waals surface area (Å²) in [7, 11) is -2.34. The lowest BCUT2D eigenvalue weighted by molar-refractivity contribution is 0.402. The maximum atomic E-state index is 12.8. The average molecular weight is 423 g/mol. The second-order valence-electron chi connectivity index (χ2n) is 7.42. The molecule has 2 aromatic rings. The van der Waals surface area contributed by atoms with Gasteiger partial charge in [-0.15, -0.1) is 0 Å². The van der Waals surface area contributed by atoms with Crippen LogP contribution in [0.4, 0.5) is 5.69 Å². The van der Waals surface area contributed by atoms with Gasteiger partial charge in [0, 0.05) is 29.8 Å². The minimum Gasteiger partial charge on any atom is -0.495 e. The van der Waals surface area contributed by atoms with Crippen LogP contribution in [0.15, 0.2) is 47.4 Å². The Balaban J connectivity index is 1.75. The van der Waals surface area contributed by atoms with Crippen LogP contribution in [0.25, 0.3) is 0 Å². The van der Waals surface area contributed by atoms with Crippen LogP contribution in [0.2, 0.25) is 5.02 Å². The van der Waals surface area contributed by atoms with Gasteiger partial charge in [0.2, 0.25) is 10.0 Å². The van der Waals surface area contributed by atoms with Crippen molar-refractivity contribution in [3.05, 3.63) is 53.1 Å². The Labute approximate surface area is 172 Å². The molecule has 1 heterocycles. The van der Waals surface area contributed by atoms with Crippen LogP contribution < -0.4 is 14.4 Å². The lowest BCUT2D eigenvalue weighted by Crippen LogP contribution is -2.34. The smallest absolute Gasteiger partial charge is 0.244 e. The van der Waals surface area contributed by atoms with Gasteiger partial charge < -0.3 is 9.64 Å². The van der Waals surface area contributed by atoms with Crippen LogP contribution in [-0.4, -0.2) is 28.6 Å². The highest BCUT2D eigenvalue weighted by Crippen LogP contribution is 2.29. The Hall–Kier alpha value is -1.76. The van der Waals surface area contributed by atoms with E-state index in [0.29, 0.717) is 10.9 Å². The summed E-state index contributed by atoms with van der Waals surface area (Å²) in [5.74, 6) is 0.963. The van der Waals surface area contributed by atoms with Gasteiger partial charge in [-0.25, -0.2) is 13.1 Å². The number of rotatable bonds is 6. The molecule has 1 saturated heterocycles. The van der Waals surface area contributed by atoms with Gasteiger partial charge >= 0.3 is 0 Å². The summed E-state index contributed by atoms with van der Waals surface area (Å²) >= 11 is 5.98. The van der Waals surface area contributed by atoms with Gasteiger partial charge in [-0.3, -0.25) is 0 Å². The summed E-state index contributed by atoms with van der Waals surface area (Å²) in [6.45, 7) is 6.24. The molecule has 0 saturated carbocycles. The van der Waals surface area contributed by atoms with Crippen molar-refractivity contribution in [2.75, 3.05) is 25.1 Å². The van der Waals surface area contributed by atoms with E-state index in [2.05, 4.69) is 28.7 Å². The van der Waals surface area contributed by atoms with Crippen molar-refractivity contribution in [1.82, 2.24) is 4.72 Å². The molecule has 1 N–H and O–H groups in total. The van der Waals surface area contributed by atoms with E-state index in [1.54, 1.807) is 12.1 Å². The Morgan fingerprint density at radius 2 is 1.93 bits per heavy atom. The van der Waals surface area contributed by atoms with Crippen molar-refractivity contribution < 1.29 is 13.2 Å². The van der Waals surface area contributed by atoms with E-state index in [1.807, 2.05) is 19.1 Å². The number of ether oxygens (including phenoxy) is 1. The summed E-state index contributed by atoms with van der Waals surface area (Å²) in [5, 5.41) is 0.342. The molecular weight excluding hydrogens is 396 g/mol. The Morgan fingerprint density at radius 3 is 2.57 bits per heavy atom. The Bertz CT molecular complexity index is 916. The number of hydrogen-bond donors (Lipinski definition) is 1. The highest BCUT2D eigenvalue weighted by molar-refractivity contribution is 7.89. The number of sulfonamides is 1. The molecule has 2 aromatic carbocycles. The molecule has 0 spiro atoms. The molecule has 152 valence electrons. The lowest BCUT2D eigenvalue weighted by atomic mass is 9.99. The molecule has 28 heavy (non-hydrogen) atoms. The zero-order valence-corrected chi connectivity index (χ0v) is 18.1. The molecule has 3 rings (SSSR count). The molecule has 0 aliphatic carbocycles. The van der Waals surface area contributed by atoms with Gasteiger partial charge in [-0.1, -0.05) is 30.7 Å². The molecule has 2 atom stereocenters. The molecule has 0 amide bonds. The third-order valence-corrected chi connectivity index (χ3v) is 6.96. The van der Waals surface area contributed by atoms with Crippen LogP contribution in [0, 0.1) is 5.92 Å². The number of benzene rings is 2. The predicted molar refractivity (Wildman–Crippen MR) is 114 cm³/mol. The standard InChI is InChI=1S/C21H27ClN2O3S/c1-15-5-4-12-24(14-15)19-9-6-17(7-10-19)16(2)23-28(25,26)21-13-18(22)8-11-20(21)27-3/h6-11,13,15-16,23H,4-5,12,14H2,1-3H3. The monoisotopic (exact) mass is 422 g/mol. The number of halogens is 1. The maximum Gasteiger partial charge on any atom is 0.244 e. The summed E-state index contributed by atoms with van der Waals surface area (Å²) < 4.78 is 33.6. The van der Waals surface area contributed by atoms with Crippen molar-refractivity contribution in [1.29, 1.82) is 0 Å². The Morgan fingerprint density at radius 1 is 1.21 bits per heavy atom. The van der Waals surface area contributed by atoms with Gasteiger partial charge in [-0.2, -0.15) is 0 Å². The van der Waals surface area contributed by atoms with Gasteiger partial charge in [0.25, 0.3) is 0 Å². The van der Waals surface area contributed by atoms with E-state index in [1.165, 1.54) is 31.7 Å². The third-order valence-electron chi connectivity index (χ3n) is 5.16. The Kier molecular flexibility index (Phi) is 6.53. The van der Waals surface area contributed by atoms with Crippen LogP contribution in [0.3, 0.4) is 0 Å². The fraction of sp³-hybridized carbons (Fsp3) is 0.429. The molecule has 7 heteroatoms. The van der Waals surface area contributed by atoms with Crippen LogP contribution in [0.5, 0.6) is 5.75 Å². The minimum absolute atomic E-state index is 0.0354. The molecule has 1 aliphatic rings. The molecule has 1 fully saturated rings. The van der Waals surface area contributed by atoms with E-state index in [9.17, 15) is 8.42 Å². The largest absolute Gasteiger partial charge is 0.495 e. The van der Waals surface area contributed by atoms with E-state index >= 15 is 0 Å². The first-order valence-electron chi connectivity index (χ1n) is 9.51. The summed E-state index contributed by atoms with van der Waals surface area (Å²) in [5.41, 5.74) is 2.08. The van der Waals surface area contributed by atoms with Crippen LogP contribution in [-0.2, 0) is 10.0 Å². The van der Waals surface area contributed by atoms with Gasteiger partial charge in [0.1, 0.15) is 10.6 Å². The first-order chi connectivity index (χ1) is 13.3. The summed E-state index contributed by atoms with van der Waals surface area (Å²) in [6, 6.07) is 12.3. The topological polar surface area (TPSA) is 58.6 Å². The fourth-order valence-corrected chi connectivity index (χ4v) is 5.29. The van der Waals surface area contributed by atoms with Gasteiger partial charge in [-0.05, 0) is 61.6 Å². The van der Waals surface area contributed by atoms with Crippen LogP contribution in [0.1, 0.15) is 38.3 Å².